The highest BCUT2D eigenvalue weighted by Gasteiger charge is 2.43. The number of halogens is 1. The van der Waals surface area contributed by atoms with Crippen LogP contribution in [0.15, 0.2) is 29.3 Å². The first-order valence-electron chi connectivity index (χ1n) is 11.0. The van der Waals surface area contributed by atoms with E-state index in [0.29, 0.717) is 17.6 Å². The van der Waals surface area contributed by atoms with Gasteiger partial charge >= 0.3 is 0 Å². The third kappa shape index (κ3) is 5.64. The topological polar surface area (TPSA) is 40.1 Å². The number of rotatable bonds is 4. The second-order valence-electron chi connectivity index (χ2n) is 9.19. The predicted octanol–water partition coefficient (Wildman–Crippen LogP) is 3.87. The maximum atomic E-state index is 5.84. The number of hydrogen-bond donors (Lipinski definition) is 1. The zero-order valence-electron chi connectivity index (χ0n) is 18.2. The van der Waals surface area contributed by atoms with Crippen LogP contribution >= 0.6 is 24.0 Å². The highest BCUT2D eigenvalue weighted by molar-refractivity contribution is 14.0. The van der Waals surface area contributed by atoms with Crippen molar-refractivity contribution in [2.24, 2.45) is 10.4 Å². The molecule has 0 aromatic heterocycles. The number of guanidine groups is 1. The van der Waals surface area contributed by atoms with Gasteiger partial charge in [0.15, 0.2) is 5.96 Å². The number of nitrogens with one attached hydrogen (secondary N) is 1. The van der Waals surface area contributed by atoms with Gasteiger partial charge in [-0.2, -0.15) is 0 Å². The Labute approximate surface area is 193 Å². The fourth-order valence-electron chi connectivity index (χ4n) is 5.15. The van der Waals surface area contributed by atoms with Crippen LogP contribution in [0.25, 0.3) is 0 Å². The van der Waals surface area contributed by atoms with Gasteiger partial charge in [-0.15, -0.1) is 24.0 Å². The number of morpholine rings is 1. The van der Waals surface area contributed by atoms with Crippen molar-refractivity contribution < 1.29 is 4.74 Å². The molecule has 3 fully saturated rings. The summed E-state index contributed by atoms with van der Waals surface area (Å²) >= 11 is 0. The Kier molecular flexibility index (Phi) is 7.84. The molecular formula is C23H37IN4O. The zero-order valence-corrected chi connectivity index (χ0v) is 20.5. The molecule has 1 saturated carbocycles. The quantitative estimate of drug-likeness (QED) is 0.378. The summed E-state index contributed by atoms with van der Waals surface area (Å²) in [6.45, 7) is 10.5. The molecular weight excluding hydrogens is 475 g/mol. The van der Waals surface area contributed by atoms with Gasteiger partial charge in [-0.3, -0.25) is 9.89 Å². The molecule has 5 nitrogen and oxygen atoms in total. The smallest absolute Gasteiger partial charge is 0.193 e. The van der Waals surface area contributed by atoms with E-state index in [-0.39, 0.29) is 24.0 Å². The van der Waals surface area contributed by atoms with Crippen molar-refractivity contribution in [2.75, 3.05) is 33.2 Å². The summed E-state index contributed by atoms with van der Waals surface area (Å²) in [7, 11) is 1.90. The molecule has 3 aliphatic rings. The number of nitrogens with zero attached hydrogens (tertiary/aromatic N) is 3. The minimum absolute atomic E-state index is 0. The molecule has 162 valence electrons. The van der Waals surface area contributed by atoms with Crippen LogP contribution < -0.4 is 5.32 Å². The van der Waals surface area contributed by atoms with Gasteiger partial charge in [0.05, 0.1) is 12.2 Å². The summed E-state index contributed by atoms with van der Waals surface area (Å²) in [5, 5.41) is 3.58. The van der Waals surface area contributed by atoms with E-state index >= 15 is 0 Å². The van der Waals surface area contributed by atoms with Crippen LogP contribution in [0.1, 0.15) is 50.7 Å². The molecule has 2 aliphatic heterocycles. The second kappa shape index (κ2) is 9.96. The molecule has 2 atom stereocenters. The predicted molar refractivity (Wildman–Crippen MR) is 130 cm³/mol. The first-order valence-corrected chi connectivity index (χ1v) is 11.0. The lowest BCUT2D eigenvalue weighted by Crippen LogP contribution is -2.44. The van der Waals surface area contributed by atoms with Crippen molar-refractivity contribution in [3.63, 3.8) is 0 Å². The van der Waals surface area contributed by atoms with Crippen molar-refractivity contribution in [1.82, 2.24) is 15.1 Å². The standard InChI is InChI=1S/C23H36N4O.HI/c1-18-14-26(15-19(2)28-18)16-21-7-5-20(6-8-21)13-25-22(24-3)27-12-11-23(17-27)9-4-10-23;/h5-8,18-19H,4,9-17H2,1-3H3,(H,24,25);1H. The first kappa shape index (κ1) is 22.8. The molecule has 29 heavy (non-hydrogen) atoms. The highest BCUT2D eigenvalue weighted by Crippen LogP contribution is 2.47. The van der Waals surface area contributed by atoms with Gasteiger partial charge in [0, 0.05) is 46.3 Å². The van der Waals surface area contributed by atoms with Gasteiger partial charge in [0.2, 0.25) is 0 Å². The van der Waals surface area contributed by atoms with Crippen LogP contribution in [0.2, 0.25) is 0 Å². The van der Waals surface area contributed by atoms with Gasteiger partial charge in [0.1, 0.15) is 0 Å². The fraction of sp³-hybridized carbons (Fsp3) is 0.696. The Hall–Kier alpha value is -0.860. The normalized spacial score (nSPS) is 26.9. The molecule has 0 radical (unpaired) electrons. The van der Waals surface area contributed by atoms with Crippen molar-refractivity contribution >= 4 is 29.9 Å². The second-order valence-corrected chi connectivity index (χ2v) is 9.19. The van der Waals surface area contributed by atoms with Crippen LogP contribution in [0.5, 0.6) is 0 Å². The Balaban J connectivity index is 0.00000240. The molecule has 0 amide bonds. The summed E-state index contributed by atoms with van der Waals surface area (Å²) in [6.07, 6.45) is 6.20. The molecule has 6 heteroatoms. The molecule has 1 aromatic carbocycles. The summed E-state index contributed by atoms with van der Waals surface area (Å²) < 4.78 is 5.84. The van der Waals surface area contributed by atoms with Crippen LogP contribution in [-0.2, 0) is 17.8 Å². The van der Waals surface area contributed by atoms with Crippen LogP contribution in [0, 0.1) is 5.41 Å². The van der Waals surface area contributed by atoms with Crippen molar-refractivity contribution in [3.8, 4) is 0 Å². The summed E-state index contributed by atoms with van der Waals surface area (Å²) in [4.78, 5) is 9.48. The van der Waals surface area contributed by atoms with E-state index in [4.69, 9.17) is 4.74 Å². The van der Waals surface area contributed by atoms with Gasteiger partial charge in [-0.25, -0.2) is 0 Å². The molecule has 2 saturated heterocycles. The van der Waals surface area contributed by atoms with Crippen molar-refractivity contribution in [3.05, 3.63) is 35.4 Å². The molecule has 0 bridgehead atoms. The Morgan fingerprint density at radius 1 is 1.10 bits per heavy atom. The Morgan fingerprint density at radius 2 is 1.76 bits per heavy atom. The molecule has 1 aliphatic carbocycles. The molecule has 1 N–H and O–H groups in total. The minimum atomic E-state index is 0. The van der Waals surface area contributed by atoms with E-state index < -0.39 is 0 Å². The SMILES string of the molecule is CN=C(NCc1ccc(CN2CC(C)OC(C)C2)cc1)N1CCC2(CCC2)C1.I. The van der Waals surface area contributed by atoms with E-state index in [1.54, 1.807) is 0 Å². The monoisotopic (exact) mass is 512 g/mol. The average Bonchev–Trinajstić information content (AvgIpc) is 3.09. The van der Waals surface area contributed by atoms with E-state index in [1.807, 2.05) is 7.05 Å². The molecule has 2 unspecified atom stereocenters. The lowest BCUT2D eigenvalue weighted by molar-refractivity contribution is -0.0704. The number of likely N-dealkylation sites (tertiary alicyclic amines) is 1. The molecule has 2 heterocycles. The summed E-state index contributed by atoms with van der Waals surface area (Å²) in [5.74, 6) is 1.06. The van der Waals surface area contributed by atoms with E-state index in [2.05, 4.69) is 58.2 Å². The van der Waals surface area contributed by atoms with Crippen molar-refractivity contribution in [2.45, 2.75) is 64.8 Å². The third-order valence-electron chi connectivity index (χ3n) is 6.74. The minimum Gasteiger partial charge on any atom is -0.373 e. The maximum absolute atomic E-state index is 5.84. The van der Waals surface area contributed by atoms with E-state index in [0.717, 1.165) is 38.7 Å². The van der Waals surface area contributed by atoms with Crippen LogP contribution in [0.4, 0.5) is 0 Å². The number of benzene rings is 1. The van der Waals surface area contributed by atoms with Gasteiger partial charge in [0.25, 0.3) is 0 Å². The number of ether oxygens (including phenoxy) is 1. The van der Waals surface area contributed by atoms with Crippen LogP contribution in [0.3, 0.4) is 0 Å². The maximum Gasteiger partial charge on any atom is 0.193 e. The van der Waals surface area contributed by atoms with Gasteiger partial charge in [-0.1, -0.05) is 30.7 Å². The largest absolute Gasteiger partial charge is 0.373 e. The number of hydrogen-bond acceptors (Lipinski definition) is 3. The number of aliphatic imine (C=N–C) groups is 1. The van der Waals surface area contributed by atoms with E-state index in [1.165, 1.54) is 43.4 Å². The summed E-state index contributed by atoms with van der Waals surface area (Å²) in [5.41, 5.74) is 3.29. The van der Waals surface area contributed by atoms with Gasteiger partial charge in [-0.05, 0) is 49.7 Å². The Morgan fingerprint density at radius 3 is 2.31 bits per heavy atom. The zero-order chi connectivity index (χ0) is 19.6. The lowest BCUT2D eigenvalue weighted by atomic mass is 9.68. The highest BCUT2D eigenvalue weighted by atomic mass is 127. The first-order chi connectivity index (χ1) is 13.5. The summed E-state index contributed by atoms with van der Waals surface area (Å²) in [6, 6.07) is 9.04. The lowest BCUT2D eigenvalue weighted by Gasteiger charge is -2.38. The molecule has 4 rings (SSSR count). The molecule has 1 spiro atoms. The molecule has 1 aromatic rings. The van der Waals surface area contributed by atoms with E-state index in [9.17, 15) is 0 Å². The average molecular weight is 512 g/mol. The van der Waals surface area contributed by atoms with Crippen molar-refractivity contribution in [1.29, 1.82) is 0 Å². The van der Waals surface area contributed by atoms with Crippen LogP contribution in [-0.4, -0.2) is 61.2 Å². The fourth-order valence-corrected chi connectivity index (χ4v) is 5.15. The van der Waals surface area contributed by atoms with Gasteiger partial charge < -0.3 is 15.0 Å². The third-order valence-corrected chi connectivity index (χ3v) is 6.74. The Bertz CT molecular complexity index is 679.